The van der Waals surface area contributed by atoms with Crippen LogP contribution < -0.4 is 0 Å². The van der Waals surface area contributed by atoms with Crippen LogP contribution in [0.4, 0.5) is 0 Å². The highest BCUT2D eigenvalue weighted by atomic mass is 32.2. The van der Waals surface area contributed by atoms with Gasteiger partial charge in [-0.05, 0) is 37.1 Å². The van der Waals surface area contributed by atoms with Crippen molar-refractivity contribution in [1.82, 2.24) is 4.31 Å². The molecule has 0 bridgehead atoms. The monoisotopic (exact) mass is 347 g/mol. The van der Waals surface area contributed by atoms with Crippen molar-refractivity contribution in [3.05, 3.63) is 53.6 Å². The van der Waals surface area contributed by atoms with Gasteiger partial charge in [0.2, 0.25) is 10.0 Å². The van der Waals surface area contributed by atoms with Crippen LogP contribution in [0.3, 0.4) is 0 Å². The van der Waals surface area contributed by atoms with Gasteiger partial charge in [0.05, 0.1) is 18.5 Å². The van der Waals surface area contributed by atoms with Crippen LogP contribution in [0.25, 0.3) is 0 Å². The molecule has 5 heteroatoms. The Morgan fingerprint density at radius 2 is 1.78 bits per heavy atom. The number of rotatable bonds is 3. The summed E-state index contributed by atoms with van der Waals surface area (Å²) in [4.78, 5) is 0.389. The molecule has 1 aliphatic heterocycles. The maximum atomic E-state index is 13.2. The molecule has 1 aromatic carbocycles. The summed E-state index contributed by atoms with van der Waals surface area (Å²) in [6, 6.07) is 7.17. The Morgan fingerprint density at radius 1 is 1.17 bits per heavy atom. The van der Waals surface area contributed by atoms with Gasteiger partial charge in [-0.3, -0.25) is 0 Å². The summed E-state index contributed by atoms with van der Waals surface area (Å²) < 4.78 is 28.2. The number of hydrogen-bond donors (Lipinski definition) is 0. The Kier molecular flexibility index (Phi) is 3.74. The Labute approximate surface area is 140 Å². The lowest BCUT2D eigenvalue weighted by Crippen LogP contribution is -2.53. The van der Waals surface area contributed by atoms with E-state index in [1.165, 1.54) is 0 Å². The lowest BCUT2D eigenvalue weighted by Gasteiger charge is -2.43. The SMILES string of the molecule is Cc1ccc(S(=O)(=O)N2CC=C3C=C[C@H]([Si](C)(C)C)[C@]32C)cc1. The number of fused-ring (bicyclic) bond motifs is 1. The van der Waals surface area contributed by atoms with E-state index in [9.17, 15) is 8.42 Å². The van der Waals surface area contributed by atoms with Crippen LogP contribution >= 0.6 is 0 Å². The molecule has 0 radical (unpaired) electrons. The third-order valence-electron chi connectivity index (χ3n) is 5.20. The van der Waals surface area contributed by atoms with Crippen molar-refractivity contribution in [3.8, 4) is 0 Å². The van der Waals surface area contributed by atoms with E-state index in [2.05, 4.69) is 44.8 Å². The molecule has 1 aromatic rings. The lowest BCUT2D eigenvalue weighted by molar-refractivity contribution is 0.298. The molecule has 0 unspecified atom stereocenters. The van der Waals surface area contributed by atoms with Crippen molar-refractivity contribution < 1.29 is 8.42 Å². The van der Waals surface area contributed by atoms with Crippen molar-refractivity contribution in [2.75, 3.05) is 6.54 Å². The average molecular weight is 348 g/mol. The maximum Gasteiger partial charge on any atom is 0.244 e. The molecule has 124 valence electrons. The molecule has 1 heterocycles. The van der Waals surface area contributed by atoms with Crippen molar-refractivity contribution in [1.29, 1.82) is 0 Å². The highest BCUT2D eigenvalue weighted by Crippen LogP contribution is 2.52. The quantitative estimate of drug-likeness (QED) is 0.776. The number of nitrogens with zero attached hydrogens (tertiary/aromatic N) is 1. The summed E-state index contributed by atoms with van der Waals surface area (Å²) >= 11 is 0. The summed E-state index contributed by atoms with van der Waals surface area (Å²) in [5, 5.41) is 0. The van der Waals surface area contributed by atoms with Crippen LogP contribution in [0.15, 0.2) is 53.0 Å². The van der Waals surface area contributed by atoms with E-state index in [0.29, 0.717) is 17.0 Å². The fourth-order valence-corrected chi connectivity index (χ4v) is 8.50. The second kappa shape index (κ2) is 5.16. The minimum Gasteiger partial charge on any atom is -0.207 e. The van der Waals surface area contributed by atoms with Crippen molar-refractivity contribution in [2.45, 2.75) is 49.5 Å². The molecule has 0 amide bonds. The van der Waals surface area contributed by atoms with Crippen molar-refractivity contribution in [2.24, 2.45) is 0 Å². The molecule has 3 rings (SSSR count). The van der Waals surface area contributed by atoms with Gasteiger partial charge in [0.1, 0.15) is 0 Å². The Morgan fingerprint density at radius 3 is 2.35 bits per heavy atom. The van der Waals surface area contributed by atoms with Gasteiger partial charge in [-0.25, -0.2) is 8.42 Å². The van der Waals surface area contributed by atoms with Gasteiger partial charge in [-0.2, -0.15) is 4.31 Å². The van der Waals surface area contributed by atoms with Crippen LogP contribution in [-0.4, -0.2) is 32.9 Å². The molecule has 0 fully saturated rings. The third-order valence-corrected chi connectivity index (χ3v) is 9.79. The molecule has 3 nitrogen and oxygen atoms in total. The van der Waals surface area contributed by atoms with Crippen LogP contribution in [0.1, 0.15) is 12.5 Å². The molecule has 23 heavy (non-hydrogen) atoms. The Balaban J connectivity index is 2.06. The largest absolute Gasteiger partial charge is 0.244 e. The van der Waals surface area contributed by atoms with Crippen LogP contribution in [-0.2, 0) is 10.0 Å². The second-order valence-electron chi connectivity index (χ2n) is 7.86. The minimum absolute atomic E-state index is 0.295. The van der Waals surface area contributed by atoms with Crippen LogP contribution in [0, 0.1) is 6.92 Å². The van der Waals surface area contributed by atoms with Crippen LogP contribution in [0.2, 0.25) is 25.2 Å². The van der Waals surface area contributed by atoms with Crippen molar-refractivity contribution in [3.63, 3.8) is 0 Å². The second-order valence-corrected chi connectivity index (χ2v) is 15.1. The number of hydrogen-bond acceptors (Lipinski definition) is 2. The summed E-state index contributed by atoms with van der Waals surface area (Å²) in [6.45, 7) is 11.5. The summed E-state index contributed by atoms with van der Waals surface area (Å²) in [6.07, 6.45) is 6.44. The van der Waals surface area contributed by atoms with E-state index >= 15 is 0 Å². The fourth-order valence-electron chi connectivity index (χ4n) is 4.00. The standard InChI is InChI=1S/C18H25NO2SSi/c1-14-6-9-16(10-7-14)22(20,21)19-13-12-15-8-11-17(18(15,19)2)23(3,4)5/h6-12,17H,13H2,1-5H3/t17-,18-/m0/s1. The van der Waals surface area contributed by atoms with E-state index in [1.54, 1.807) is 16.4 Å². The molecular weight excluding hydrogens is 322 g/mol. The molecule has 0 saturated carbocycles. The molecule has 2 aliphatic rings. The zero-order valence-corrected chi connectivity index (χ0v) is 16.3. The average Bonchev–Trinajstić information content (AvgIpc) is 2.92. The minimum atomic E-state index is -3.50. The first-order valence-corrected chi connectivity index (χ1v) is 13.1. The van der Waals surface area contributed by atoms with E-state index in [4.69, 9.17) is 0 Å². The molecular formula is C18H25NO2SSi. The molecule has 2 atom stereocenters. The first-order valence-electron chi connectivity index (χ1n) is 8.06. The number of benzene rings is 1. The van der Waals surface area contributed by atoms with Gasteiger partial charge in [0, 0.05) is 6.54 Å². The zero-order valence-electron chi connectivity index (χ0n) is 14.5. The van der Waals surface area contributed by atoms with Gasteiger partial charge in [0.25, 0.3) is 0 Å². The topological polar surface area (TPSA) is 37.4 Å². The predicted molar refractivity (Wildman–Crippen MR) is 97.8 cm³/mol. The lowest BCUT2D eigenvalue weighted by atomic mass is 9.96. The number of sulfonamides is 1. The highest BCUT2D eigenvalue weighted by Gasteiger charge is 2.55. The van der Waals surface area contributed by atoms with Gasteiger partial charge in [0.15, 0.2) is 0 Å². The van der Waals surface area contributed by atoms with E-state index in [0.717, 1.165) is 11.1 Å². The number of aryl methyl sites for hydroxylation is 1. The molecule has 1 aliphatic carbocycles. The first kappa shape index (κ1) is 16.7. The normalized spacial score (nSPS) is 28.0. The summed E-state index contributed by atoms with van der Waals surface area (Å²) in [5.41, 5.74) is 2.08. The van der Waals surface area contributed by atoms with Gasteiger partial charge in [-0.15, -0.1) is 0 Å². The van der Waals surface area contributed by atoms with Crippen molar-refractivity contribution >= 4 is 18.1 Å². The molecule has 0 saturated heterocycles. The third kappa shape index (κ3) is 2.46. The summed E-state index contributed by atoms with van der Waals surface area (Å²) in [5.74, 6) is 0. The van der Waals surface area contributed by atoms with E-state index < -0.39 is 23.6 Å². The molecule has 0 spiro atoms. The van der Waals surface area contributed by atoms with E-state index in [-0.39, 0.29) is 0 Å². The van der Waals surface area contributed by atoms with Gasteiger partial charge in [-0.1, -0.05) is 55.6 Å². The van der Waals surface area contributed by atoms with Crippen LogP contribution in [0.5, 0.6) is 0 Å². The fraction of sp³-hybridized carbons (Fsp3) is 0.444. The van der Waals surface area contributed by atoms with E-state index in [1.807, 2.05) is 19.1 Å². The van der Waals surface area contributed by atoms with Gasteiger partial charge >= 0.3 is 0 Å². The predicted octanol–water partition coefficient (Wildman–Crippen LogP) is 3.96. The molecule has 0 N–H and O–H groups in total. The smallest absolute Gasteiger partial charge is 0.207 e. The zero-order chi connectivity index (χ0) is 17.0. The Hall–Kier alpha value is -1.17. The Bertz CT molecular complexity index is 787. The van der Waals surface area contributed by atoms with Gasteiger partial charge < -0.3 is 0 Å². The first-order chi connectivity index (χ1) is 10.6. The highest BCUT2D eigenvalue weighted by molar-refractivity contribution is 7.89. The summed E-state index contributed by atoms with van der Waals surface area (Å²) in [7, 11) is -5.04. The molecule has 0 aromatic heterocycles. The maximum absolute atomic E-state index is 13.2.